The van der Waals surface area contributed by atoms with Gasteiger partial charge in [0, 0.05) is 5.56 Å². The molecular weight excluding hydrogens is 288 g/mol. The third kappa shape index (κ3) is 3.46. The van der Waals surface area contributed by atoms with Gasteiger partial charge in [0.15, 0.2) is 5.78 Å². The van der Waals surface area contributed by atoms with E-state index in [1.54, 1.807) is 24.3 Å². The topological polar surface area (TPSA) is 43.4 Å². The SMILES string of the molecule is CC(=O)c1cccc(OC(=O)Cc2cccc3ccccc23)c1. The van der Waals surface area contributed by atoms with Gasteiger partial charge in [-0.3, -0.25) is 9.59 Å². The van der Waals surface area contributed by atoms with Crippen molar-refractivity contribution in [1.82, 2.24) is 0 Å². The highest BCUT2D eigenvalue weighted by Gasteiger charge is 2.10. The molecule has 0 aromatic heterocycles. The molecule has 3 rings (SSSR count). The van der Waals surface area contributed by atoms with Crippen molar-refractivity contribution in [3.8, 4) is 5.75 Å². The molecule has 0 spiro atoms. The lowest BCUT2D eigenvalue weighted by Crippen LogP contribution is -2.11. The number of fused-ring (bicyclic) bond motifs is 1. The molecular formula is C20H16O3. The molecule has 0 aliphatic carbocycles. The van der Waals surface area contributed by atoms with Gasteiger partial charge in [-0.05, 0) is 35.4 Å². The van der Waals surface area contributed by atoms with Gasteiger partial charge in [0.05, 0.1) is 6.42 Å². The van der Waals surface area contributed by atoms with Crippen LogP contribution < -0.4 is 4.74 Å². The average Bonchev–Trinajstić information content (AvgIpc) is 2.55. The van der Waals surface area contributed by atoms with E-state index < -0.39 is 0 Å². The predicted octanol–water partition coefficient (Wildman–Crippen LogP) is 4.19. The maximum Gasteiger partial charge on any atom is 0.315 e. The number of hydrogen-bond donors (Lipinski definition) is 0. The molecule has 0 saturated heterocycles. The molecule has 0 N–H and O–H groups in total. The molecule has 3 aromatic rings. The van der Waals surface area contributed by atoms with E-state index >= 15 is 0 Å². The van der Waals surface area contributed by atoms with Crippen LogP contribution in [0.3, 0.4) is 0 Å². The third-order valence-electron chi connectivity index (χ3n) is 3.69. The summed E-state index contributed by atoms with van der Waals surface area (Å²) < 4.78 is 5.37. The second-order valence-corrected chi connectivity index (χ2v) is 5.37. The van der Waals surface area contributed by atoms with Crippen LogP contribution in [0.1, 0.15) is 22.8 Å². The summed E-state index contributed by atoms with van der Waals surface area (Å²) in [4.78, 5) is 23.6. The number of ether oxygens (including phenoxy) is 1. The molecule has 0 saturated carbocycles. The van der Waals surface area contributed by atoms with Crippen molar-refractivity contribution in [1.29, 1.82) is 0 Å². The summed E-state index contributed by atoms with van der Waals surface area (Å²) in [5, 5.41) is 2.14. The fourth-order valence-corrected chi connectivity index (χ4v) is 2.55. The first-order chi connectivity index (χ1) is 11.1. The Balaban J connectivity index is 1.79. The Morgan fingerprint density at radius 2 is 1.65 bits per heavy atom. The van der Waals surface area contributed by atoms with Crippen LogP contribution in [0.15, 0.2) is 66.7 Å². The van der Waals surface area contributed by atoms with E-state index in [-0.39, 0.29) is 18.2 Å². The molecule has 3 heteroatoms. The number of hydrogen-bond acceptors (Lipinski definition) is 3. The van der Waals surface area contributed by atoms with Crippen molar-refractivity contribution < 1.29 is 14.3 Å². The highest BCUT2D eigenvalue weighted by atomic mass is 16.5. The van der Waals surface area contributed by atoms with E-state index in [1.807, 2.05) is 42.5 Å². The number of carbonyl (C=O) groups is 2. The molecule has 0 amide bonds. The molecule has 0 fully saturated rings. The van der Waals surface area contributed by atoms with Crippen molar-refractivity contribution in [2.24, 2.45) is 0 Å². The minimum absolute atomic E-state index is 0.0584. The fraction of sp³-hybridized carbons (Fsp3) is 0.100. The molecule has 3 nitrogen and oxygen atoms in total. The number of rotatable bonds is 4. The zero-order valence-electron chi connectivity index (χ0n) is 12.8. The number of benzene rings is 3. The largest absolute Gasteiger partial charge is 0.426 e. The van der Waals surface area contributed by atoms with Gasteiger partial charge >= 0.3 is 5.97 Å². The van der Waals surface area contributed by atoms with Gasteiger partial charge in [-0.15, -0.1) is 0 Å². The van der Waals surface area contributed by atoms with Crippen molar-refractivity contribution in [2.75, 3.05) is 0 Å². The van der Waals surface area contributed by atoms with Crippen LogP contribution in [0.25, 0.3) is 10.8 Å². The summed E-state index contributed by atoms with van der Waals surface area (Å²) in [5.41, 5.74) is 1.45. The van der Waals surface area contributed by atoms with E-state index in [2.05, 4.69) is 0 Å². The first kappa shape index (κ1) is 15.0. The summed E-state index contributed by atoms with van der Waals surface area (Å²) in [6, 6.07) is 20.5. The number of carbonyl (C=O) groups excluding carboxylic acids is 2. The lowest BCUT2D eigenvalue weighted by Gasteiger charge is -2.08. The van der Waals surface area contributed by atoms with E-state index in [4.69, 9.17) is 4.74 Å². The first-order valence-electron chi connectivity index (χ1n) is 7.42. The van der Waals surface area contributed by atoms with Gasteiger partial charge in [-0.1, -0.05) is 54.6 Å². The lowest BCUT2D eigenvalue weighted by atomic mass is 10.0. The van der Waals surface area contributed by atoms with Crippen molar-refractivity contribution in [2.45, 2.75) is 13.3 Å². The van der Waals surface area contributed by atoms with Crippen LogP contribution in [-0.2, 0) is 11.2 Å². The van der Waals surface area contributed by atoms with Crippen LogP contribution in [0.4, 0.5) is 0 Å². The van der Waals surface area contributed by atoms with Gasteiger partial charge in [0.2, 0.25) is 0 Å². The van der Waals surface area contributed by atoms with Gasteiger partial charge in [-0.2, -0.15) is 0 Å². The molecule has 3 aromatic carbocycles. The highest BCUT2D eigenvalue weighted by molar-refractivity contribution is 5.94. The van der Waals surface area contributed by atoms with E-state index in [0.717, 1.165) is 16.3 Å². The van der Waals surface area contributed by atoms with E-state index in [0.29, 0.717) is 11.3 Å². The van der Waals surface area contributed by atoms with Gasteiger partial charge < -0.3 is 4.74 Å². The van der Waals surface area contributed by atoms with Crippen LogP contribution in [0, 0.1) is 0 Å². The Labute approximate surface area is 134 Å². The minimum Gasteiger partial charge on any atom is -0.426 e. The van der Waals surface area contributed by atoms with Gasteiger partial charge in [0.1, 0.15) is 5.75 Å². The molecule has 0 aliphatic rings. The lowest BCUT2D eigenvalue weighted by molar-refractivity contribution is -0.133. The summed E-state index contributed by atoms with van der Waals surface area (Å²) in [5.74, 6) is -0.0121. The normalized spacial score (nSPS) is 10.5. The second kappa shape index (κ2) is 6.44. The van der Waals surface area contributed by atoms with Crippen LogP contribution in [-0.4, -0.2) is 11.8 Å². The maximum atomic E-state index is 12.2. The first-order valence-corrected chi connectivity index (χ1v) is 7.42. The van der Waals surface area contributed by atoms with E-state index in [1.165, 1.54) is 6.92 Å². The fourth-order valence-electron chi connectivity index (χ4n) is 2.55. The van der Waals surface area contributed by atoms with Crippen LogP contribution in [0.2, 0.25) is 0 Å². The van der Waals surface area contributed by atoms with Crippen molar-refractivity contribution >= 4 is 22.5 Å². The van der Waals surface area contributed by atoms with E-state index in [9.17, 15) is 9.59 Å². The Morgan fingerprint density at radius 3 is 2.48 bits per heavy atom. The Kier molecular flexibility index (Phi) is 4.20. The van der Waals surface area contributed by atoms with Crippen molar-refractivity contribution in [3.05, 3.63) is 77.9 Å². The minimum atomic E-state index is -0.345. The van der Waals surface area contributed by atoms with Crippen molar-refractivity contribution in [3.63, 3.8) is 0 Å². The molecule has 0 unspecified atom stereocenters. The Bertz CT molecular complexity index is 875. The van der Waals surface area contributed by atoms with Gasteiger partial charge in [0.25, 0.3) is 0 Å². The van der Waals surface area contributed by atoms with Crippen LogP contribution >= 0.6 is 0 Å². The summed E-state index contributed by atoms with van der Waals surface area (Å²) in [6.45, 7) is 1.48. The molecule has 0 heterocycles. The quantitative estimate of drug-likeness (QED) is 0.412. The Morgan fingerprint density at radius 1 is 0.913 bits per heavy atom. The summed E-state index contributed by atoms with van der Waals surface area (Å²) in [6.07, 6.45) is 0.186. The average molecular weight is 304 g/mol. The predicted molar refractivity (Wildman–Crippen MR) is 89.7 cm³/mol. The smallest absolute Gasteiger partial charge is 0.315 e. The monoisotopic (exact) mass is 304 g/mol. The number of esters is 1. The maximum absolute atomic E-state index is 12.2. The molecule has 0 atom stereocenters. The zero-order valence-corrected chi connectivity index (χ0v) is 12.8. The number of ketones is 1. The molecule has 23 heavy (non-hydrogen) atoms. The zero-order chi connectivity index (χ0) is 16.2. The number of Topliss-reactive ketones (excluding diaryl/α,β-unsaturated/α-hetero) is 1. The molecule has 0 aliphatic heterocycles. The Hall–Kier alpha value is -2.94. The third-order valence-corrected chi connectivity index (χ3v) is 3.69. The molecule has 0 bridgehead atoms. The summed E-state index contributed by atoms with van der Waals surface area (Å²) in [7, 11) is 0. The second-order valence-electron chi connectivity index (χ2n) is 5.37. The highest BCUT2D eigenvalue weighted by Crippen LogP contribution is 2.20. The molecule has 114 valence electrons. The standard InChI is InChI=1S/C20H16O3/c1-14(21)16-8-5-10-18(12-16)23-20(22)13-17-9-4-7-15-6-2-3-11-19(15)17/h2-12H,13H2,1H3. The molecule has 0 radical (unpaired) electrons. The van der Waals surface area contributed by atoms with Crippen LogP contribution in [0.5, 0.6) is 5.75 Å². The van der Waals surface area contributed by atoms with Gasteiger partial charge in [-0.25, -0.2) is 0 Å². The summed E-state index contributed by atoms with van der Waals surface area (Å²) >= 11 is 0.